The van der Waals surface area contributed by atoms with Crippen molar-refractivity contribution >= 4 is 10.8 Å². The Labute approximate surface area is 116 Å². The second kappa shape index (κ2) is 5.70. The molecule has 3 rings (SSSR count). The number of aryl methyl sites for hydroxylation is 2. The van der Waals surface area contributed by atoms with Crippen molar-refractivity contribution in [2.24, 2.45) is 0 Å². The molecule has 0 atom stereocenters. The Morgan fingerprint density at radius 1 is 0.947 bits per heavy atom. The van der Waals surface area contributed by atoms with Crippen molar-refractivity contribution in [2.75, 3.05) is 0 Å². The molecule has 0 aliphatic heterocycles. The van der Waals surface area contributed by atoms with E-state index in [1.807, 2.05) is 27.0 Å². The third kappa shape index (κ3) is 2.84. The van der Waals surface area contributed by atoms with Crippen molar-refractivity contribution in [3.63, 3.8) is 0 Å². The molecule has 0 bridgehead atoms. The highest BCUT2D eigenvalue weighted by Gasteiger charge is 2.02. The summed E-state index contributed by atoms with van der Waals surface area (Å²) in [5.74, 6) is 0.948. The summed E-state index contributed by atoms with van der Waals surface area (Å²) in [6.45, 7) is 8.08. The molecule has 1 heterocycles. The van der Waals surface area contributed by atoms with Crippen LogP contribution >= 0.6 is 0 Å². The number of nitrogens with zero attached hydrogens (tertiary/aromatic N) is 1. The maximum absolute atomic E-state index is 4.23. The summed E-state index contributed by atoms with van der Waals surface area (Å²) < 4.78 is 0. The normalized spacial score (nSPS) is 10.1. The number of aromatic amines is 1. The van der Waals surface area contributed by atoms with Crippen LogP contribution in [0.4, 0.5) is 0 Å². The first-order valence-corrected chi connectivity index (χ1v) is 6.75. The molecule has 0 saturated heterocycles. The lowest BCUT2D eigenvalue weighted by molar-refractivity contribution is 1.15. The quantitative estimate of drug-likeness (QED) is 0.641. The van der Waals surface area contributed by atoms with Gasteiger partial charge in [0.05, 0.1) is 11.9 Å². The number of aromatic nitrogens is 2. The van der Waals surface area contributed by atoms with Gasteiger partial charge < -0.3 is 4.98 Å². The Bertz CT molecular complexity index is 686. The second-order valence-electron chi connectivity index (χ2n) is 4.45. The van der Waals surface area contributed by atoms with Gasteiger partial charge in [0.15, 0.2) is 0 Å². The Morgan fingerprint density at radius 3 is 2.32 bits per heavy atom. The van der Waals surface area contributed by atoms with Gasteiger partial charge in [-0.1, -0.05) is 49.7 Å². The summed E-state index contributed by atoms with van der Waals surface area (Å²) in [6, 6.07) is 13.0. The van der Waals surface area contributed by atoms with Crippen LogP contribution in [-0.2, 0) is 0 Å². The molecule has 0 unspecified atom stereocenters. The van der Waals surface area contributed by atoms with Gasteiger partial charge in [-0.15, -0.1) is 0 Å². The molecule has 2 nitrogen and oxygen atoms in total. The molecule has 0 radical (unpaired) electrons. The lowest BCUT2D eigenvalue weighted by Gasteiger charge is -2.02. The molecular weight excluding hydrogens is 232 g/mol. The van der Waals surface area contributed by atoms with Gasteiger partial charge in [-0.05, 0) is 30.7 Å². The third-order valence-electron chi connectivity index (χ3n) is 3.01. The molecule has 0 saturated carbocycles. The van der Waals surface area contributed by atoms with Crippen LogP contribution < -0.4 is 0 Å². The van der Waals surface area contributed by atoms with Gasteiger partial charge in [-0.3, -0.25) is 0 Å². The van der Waals surface area contributed by atoms with E-state index in [0.29, 0.717) is 0 Å². The van der Waals surface area contributed by atoms with Crippen LogP contribution in [0.5, 0.6) is 0 Å². The number of fused-ring (bicyclic) bond motifs is 1. The van der Waals surface area contributed by atoms with Crippen LogP contribution in [0.3, 0.4) is 0 Å². The maximum atomic E-state index is 4.23. The second-order valence-corrected chi connectivity index (χ2v) is 4.45. The smallest absolute Gasteiger partial charge is 0.103 e. The van der Waals surface area contributed by atoms with Crippen molar-refractivity contribution in [3.8, 4) is 11.3 Å². The van der Waals surface area contributed by atoms with E-state index in [-0.39, 0.29) is 1.43 Å². The molecule has 0 aliphatic rings. The molecule has 1 aromatic heterocycles. The fourth-order valence-corrected chi connectivity index (χ4v) is 2.10. The topological polar surface area (TPSA) is 28.7 Å². The SMILES string of the molecule is CC.Cc1ccc2cc(-c3cnc(C)[nH]3)ccc2c1.[HH]. The van der Waals surface area contributed by atoms with Gasteiger partial charge in [0.2, 0.25) is 0 Å². The minimum Gasteiger partial charge on any atom is -0.342 e. The highest BCUT2D eigenvalue weighted by molar-refractivity contribution is 5.87. The van der Waals surface area contributed by atoms with Crippen molar-refractivity contribution in [1.82, 2.24) is 9.97 Å². The van der Waals surface area contributed by atoms with Gasteiger partial charge >= 0.3 is 0 Å². The number of nitrogens with one attached hydrogen (secondary N) is 1. The van der Waals surface area contributed by atoms with Crippen molar-refractivity contribution < 1.29 is 1.43 Å². The van der Waals surface area contributed by atoms with Crippen molar-refractivity contribution in [3.05, 3.63) is 54.0 Å². The van der Waals surface area contributed by atoms with E-state index in [4.69, 9.17) is 0 Å². The molecular formula is C17H22N2. The zero-order valence-corrected chi connectivity index (χ0v) is 12.0. The molecule has 2 heteroatoms. The molecule has 0 aliphatic carbocycles. The summed E-state index contributed by atoms with van der Waals surface area (Å²) in [5, 5.41) is 2.55. The zero-order valence-electron chi connectivity index (χ0n) is 12.0. The predicted molar refractivity (Wildman–Crippen MR) is 84.5 cm³/mol. The molecule has 0 spiro atoms. The van der Waals surface area contributed by atoms with E-state index in [2.05, 4.69) is 53.3 Å². The highest BCUT2D eigenvalue weighted by atomic mass is 14.9. The number of rotatable bonds is 1. The first kappa shape index (κ1) is 13.3. The lowest BCUT2D eigenvalue weighted by Crippen LogP contribution is -1.80. The molecule has 0 amide bonds. The van der Waals surface area contributed by atoms with Crippen LogP contribution in [0, 0.1) is 13.8 Å². The van der Waals surface area contributed by atoms with E-state index in [1.54, 1.807) is 0 Å². The zero-order chi connectivity index (χ0) is 13.8. The highest BCUT2D eigenvalue weighted by Crippen LogP contribution is 2.23. The van der Waals surface area contributed by atoms with Crippen LogP contribution in [-0.4, -0.2) is 9.97 Å². The molecule has 0 fully saturated rings. The molecule has 1 N–H and O–H groups in total. The first-order valence-electron chi connectivity index (χ1n) is 6.75. The Hall–Kier alpha value is -2.09. The first-order chi connectivity index (χ1) is 9.22. The monoisotopic (exact) mass is 254 g/mol. The standard InChI is InChI=1S/C15H14N2.C2H6.H2/c1-10-3-4-13-8-14(6-5-12(13)7-10)15-9-16-11(2)17-15;1-2;/h3-9H,1-2H3,(H,16,17);1-2H3;1H. The van der Waals surface area contributed by atoms with E-state index in [1.165, 1.54) is 21.9 Å². The Kier molecular flexibility index (Phi) is 4.00. The van der Waals surface area contributed by atoms with E-state index < -0.39 is 0 Å². The minimum atomic E-state index is 0. The van der Waals surface area contributed by atoms with Crippen molar-refractivity contribution in [1.29, 1.82) is 0 Å². The molecule has 100 valence electrons. The van der Waals surface area contributed by atoms with E-state index >= 15 is 0 Å². The third-order valence-corrected chi connectivity index (χ3v) is 3.01. The van der Waals surface area contributed by atoms with Crippen LogP contribution in [0.1, 0.15) is 26.7 Å². The minimum absolute atomic E-state index is 0. The predicted octanol–water partition coefficient (Wildman–Crippen LogP) is 5.12. The molecule has 3 aromatic rings. The number of hydrogen-bond donors (Lipinski definition) is 1. The lowest BCUT2D eigenvalue weighted by atomic mass is 10.0. The average molecular weight is 254 g/mol. The summed E-state index contributed by atoms with van der Waals surface area (Å²) in [4.78, 5) is 7.49. The summed E-state index contributed by atoms with van der Waals surface area (Å²) >= 11 is 0. The van der Waals surface area contributed by atoms with Gasteiger partial charge in [-0.25, -0.2) is 4.98 Å². The van der Waals surface area contributed by atoms with Crippen molar-refractivity contribution in [2.45, 2.75) is 27.7 Å². The number of H-pyrrole nitrogens is 1. The van der Waals surface area contributed by atoms with Gasteiger partial charge in [-0.2, -0.15) is 0 Å². The summed E-state index contributed by atoms with van der Waals surface area (Å²) in [7, 11) is 0. The summed E-state index contributed by atoms with van der Waals surface area (Å²) in [5.41, 5.74) is 3.55. The number of imidazole rings is 1. The Morgan fingerprint density at radius 2 is 1.63 bits per heavy atom. The van der Waals surface area contributed by atoms with Crippen LogP contribution in [0.15, 0.2) is 42.6 Å². The maximum Gasteiger partial charge on any atom is 0.103 e. The van der Waals surface area contributed by atoms with E-state index in [0.717, 1.165) is 11.5 Å². The van der Waals surface area contributed by atoms with E-state index in [9.17, 15) is 0 Å². The van der Waals surface area contributed by atoms with Gasteiger partial charge in [0.1, 0.15) is 5.82 Å². The molecule has 19 heavy (non-hydrogen) atoms. The molecule has 2 aromatic carbocycles. The fraction of sp³-hybridized carbons (Fsp3) is 0.235. The van der Waals surface area contributed by atoms with Crippen LogP contribution in [0.2, 0.25) is 0 Å². The van der Waals surface area contributed by atoms with Gasteiger partial charge in [0.25, 0.3) is 0 Å². The summed E-state index contributed by atoms with van der Waals surface area (Å²) in [6.07, 6.45) is 1.88. The number of benzene rings is 2. The van der Waals surface area contributed by atoms with Gasteiger partial charge in [0, 0.05) is 6.99 Å². The van der Waals surface area contributed by atoms with Crippen LogP contribution in [0.25, 0.3) is 22.0 Å². The number of hydrogen-bond acceptors (Lipinski definition) is 1. The average Bonchev–Trinajstić information content (AvgIpc) is 2.87. The Balaban J connectivity index is 0.000000639. The largest absolute Gasteiger partial charge is 0.342 e. The fourth-order valence-electron chi connectivity index (χ4n) is 2.10.